The van der Waals surface area contributed by atoms with E-state index in [1.54, 1.807) is 10.9 Å². The smallest absolute Gasteiger partial charge is 0.241 e. The van der Waals surface area contributed by atoms with Crippen molar-refractivity contribution in [3.63, 3.8) is 0 Å². The molecule has 0 unspecified atom stereocenters. The first-order chi connectivity index (χ1) is 8.63. The van der Waals surface area contributed by atoms with Crippen LogP contribution in [0.1, 0.15) is 5.56 Å². The number of nitrogens with two attached hydrogens (primary N) is 1. The number of nitrogens with one attached hydrogen (secondary N) is 1. The Bertz CT molecular complexity index is 530. The number of carbonyl (C=O) groups excluding carboxylic acids is 1. The maximum Gasteiger partial charge on any atom is 0.241 e. The van der Waals surface area contributed by atoms with Crippen LogP contribution in [0.15, 0.2) is 18.7 Å². The molecule has 96 valence electrons. The molecule has 0 radical (unpaired) electrons. The van der Waals surface area contributed by atoms with Gasteiger partial charge in [0.15, 0.2) is 0 Å². The lowest BCUT2D eigenvalue weighted by Gasteiger charge is -2.05. The molecule has 0 atom stereocenters. The molecule has 0 saturated heterocycles. The number of nitrogen functional groups attached to an aromatic ring is 1. The van der Waals surface area contributed by atoms with E-state index in [4.69, 9.17) is 5.73 Å². The summed E-state index contributed by atoms with van der Waals surface area (Å²) >= 11 is 0. The van der Waals surface area contributed by atoms with Gasteiger partial charge in [-0.05, 0) is 12.5 Å². The molecule has 18 heavy (non-hydrogen) atoms. The highest BCUT2D eigenvalue weighted by Crippen LogP contribution is 1.93. The van der Waals surface area contributed by atoms with Crippen molar-refractivity contribution in [1.82, 2.24) is 29.9 Å². The Morgan fingerprint density at radius 3 is 2.94 bits per heavy atom. The number of hydrogen-bond donors (Lipinski definition) is 2. The van der Waals surface area contributed by atoms with Crippen molar-refractivity contribution in [1.29, 1.82) is 0 Å². The third kappa shape index (κ3) is 3.30. The molecule has 0 aromatic carbocycles. The first-order valence-corrected chi connectivity index (χ1v) is 5.54. The Morgan fingerprint density at radius 1 is 1.50 bits per heavy atom. The van der Waals surface area contributed by atoms with Crippen LogP contribution in [-0.4, -0.2) is 37.0 Å². The summed E-state index contributed by atoms with van der Waals surface area (Å²) in [4.78, 5) is 15.3. The molecule has 0 aliphatic carbocycles. The van der Waals surface area contributed by atoms with Crippen LogP contribution in [0.3, 0.4) is 0 Å². The van der Waals surface area contributed by atoms with Crippen molar-refractivity contribution < 1.29 is 4.79 Å². The molecule has 8 heteroatoms. The topological polar surface area (TPSA) is 104 Å². The molecular weight excluding hydrogens is 234 g/mol. The minimum absolute atomic E-state index is 0.113. The van der Waals surface area contributed by atoms with Crippen LogP contribution in [-0.2, 0) is 17.9 Å². The Labute approximate surface area is 104 Å². The summed E-state index contributed by atoms with van der Waals surface area (Å²) in [7, 11) is 0. The van der Waals surface area contributed by atoms with Gasteiger partial charge in [0, 0.05) is 12.7 Å². The minimum atomic E-state index is -0.135. The van der Waals surface area contributed by atoms with Gasteiger partial charge in [-0.2, -0.15) is 5.10 Å². The SMILES string of the molecule is Cc1cnn(CCNC(=O)Cn2cnc(N)n2)c1. The van der Waals surface area contributed by atoms with Gasteiger partial charge in [0.1, 0.15) is 12.9 Å². The first kappa shape index (κ1) is 12.1. The monoisotopic (exact) mass is 249 g/mol. The van der Waals surface area contributed by atoms with Gasteiger partial charge in [-0.3, -0.25) is 9.48 Å². The number of rotatable bonds is 5. The van der Waals surface area contributed by atoms with E-state index in [0.717, 1.165) is 5.56 Å². The van der Waals surface area contributed by atoms with E-state index in [0.29, 0.717) is 13.1 Å². The maximum atomic E-state index is 11.5. The molecule has 2 heterocycles. The van der Waals surface area contributed by atoms with Gasteiger partial charge in [0.25, 0.3) is 0 Å². The van der Waals surface area contributed by atoms with Gasteiger partial charge in [0.2, 0.25) is 11.9 Å². The molecule has 0 fully saturated rings. The lowest BCUT2D eigenvalue weighted by molar-refractivity contribution is -0.121. The van der Waals surface area contributed by atoms with E-state index >= 15 is 0 Å². The number of anilines is 1. The minimum Gasteiger partial charge on any atom is -0.367 e. The molecule has 0 saturated carbocycles. The van der Waals surface area contributed by atoms with Crippen molar-refractivity contribution >= 4 is 11.9 Å². The molecule has 3 N–H and O–H groups in total. The van der Waals surface area contributed by atoms with E-state index in [-0.39, 0.29) is 18.4 Å². The fourth-order valence-electron chi connectivity index (χ4n) is 1.49. The Morgan fingerprint density at radius 2 is 2.33 bits per heavy atom. The average molecular weight is 249 g/mol. The van der Waals surface area contributed by atoms with Crippen LogP contribution in [0.5, 0.6) is 0 Å². The quantitative estimate of drug-likeness (QED) is 0.720. The van der Waals surface area contributed by atoms with Crippen molar-refractivity contribution in [3.8, 4) is 0 Å². The van der Waals surface area contributed by atoms with Crippen LogP contribution in [0.4, 0.5) is 5.95 Å². The molecule has 0 bridgehead atoms. The highest BCUT2D eigenvalue weighted by atomic mass is 16.2. The average Bonchev–Trinajstić information content (AvgIpc) is 2.88. The highest BCUT2D eigenvalue weighted by molar-refractivity contribution is 5.75. The molecular formula is C10H15N7O. The number of aryl methyl sites for hydroxylation is 1. The zero-order chi connectivity index (χ0) is 13.0. The number of amides is 1. The van der Waals surface area contributed by atoms with Gasteiger partial charge in [0.05, 0.1) is 12.7 Å². The molecule has 2 rings (SSSR count). The summed E-state index contributed by atoms with van der Waals surface area (Å²) in [5, 5.41) is 10.7. The number of aromatic nitrogens is 5. The van der Waals surface area contributed by atoms with Crippen LogP contribution < -0.4 is 11.1 Å². The normalized spacial score (nSPS) is 10.5. The fourth-order valence-corrected chi connectivity index (χ4v) is 1.49. The summed E-state index contributed by atoms with van der Waals surface area (Å²) in [5.41, 5.74) is 6.44. The molecule has 0 aliphatic rings. The fraction of sp³-hybridized carbons (Fsp3) is 0.400. The van der Waals surface area contributed by atoms with Crippen molar-refractivity contribution in [2.24, 2.45) is 0 Å². The lowest BCUT2D eigenvalue weighted by Crippen LogP contribution is -2.30. The van der Waals surface area contributed by atoms with Crippen molar-refractivity contribution in [2.45, 2.75) is 20.0 Å². The summed E-state index contributed by atoms with van der Waals surface area (Å²) in [6.07, 6.45) is 5.12. The van der Waals surface area contributed by atoms with Crippen molar-refractivity contribution in [2.75, 3.05) is 12.3 Å². The van der Waals surface area contributed by atoms with Gasteiger partial charge in [-0.15, -0.1) is 5.10 Å². The largest absolute Gasteiger partial charge is 0.367 e. The Kier molecular flexibility index (Phi) is 3.56. The van der Waals surface area contributed by atoms with Crippen LogP contribution in [0.2, 0.25) is 0 Å². The third-order valence-corrected chi connectivity index (χ3v) is 2.29. The zero-order valence-corrected chi connectivity index (χ0v) is 10.1. The van der Waals surface area contributed by atoms with Gasteiger partial charge >= 0.3 is 0 Å². The lowest BCUT2D eigenvalue weighted by atomic mass is 10.4. The zero-order valence-electron chi connectivity index (χ0n) is 10.1. The second-order valence-corrected chi connectivity index (χ2v) is 3.93. The maximum absolute atomic E-state index is 11.5. The third-order valence-electron chi connectivity index (χ3n) is 2.29. The summed E-state index contributed by atoms with van der Waals surface area (Å²) in [6, 6.07) is 0. The van der Waals surface area contributed by atoms with Crippen LogP contribution in [0.25, 0.3) is 0 Å². The molecule has 0 spiro atoms. The van der Waals surface area contributed by atoms with Gasteiger partial charge in [-0.25, -0.2) is 9.67 Å². The Balaban J connectivity index is 1.72. The van der Waals surface area contributed by atoms with Crippen LogP contribution in [0, 0.1) is 6.92 Å². The van der Waals surface area contributed by atoms with Gasteiger partial charge in [-0.1, -0.05) is 0 Å². The molecule has 2 aromatic rings. The second kappa shape index (κ2) is 5.30. The summed E-state index contributed by atoms with van der Waals surface area (Å²) < 4.78 is 3.17. The number of nitrogens with zero attached hydrogens (tertiary/aromatic N) is 5. The number of carbonyl (C=O) groups is 1. The van der Waals surface area contributed by atoms with E-state index in [9.17, 15) is 4.79 Å². The first-order valence-electron chi connectivity index (χ1n) is 5.54. The van der Waals surface area contributed by atoms with E-state index in [1.807, 2.05) is 13.1 Å². The second-order valence-electron chi connectivity index (χ2n) is 3.93. The molecule has 2 aromatic heterocycles. The standard InChI is InChI=1S/C10H15N7O/c1-8-4-14-16(5-8)3-2-12-9(18)6-17-7-13-10(11)15-17/h4-5,7H,2-3,6H2,1H3,(H2,11,15)(H,12,18). The molecule has 8 nitrogen and oxygen atoms in total. The highest BCUT2D eigenvalue weighted by Gasteiger charge is 2.04. The Hall–Kier alpha value is -2.38. The summed E-state index contributed by atoms with van der Waals surface area (Å²) in [5.74, 6) is 0.0265. The summed E-state index contributed by atoms with van der Waals surface area (Å²) in [6.45, 7) is 3.24. The predicted molar refractivity (Wildman–Crippen MR) is 64.4 cm³/mol. The van der Waals surface area contributed by atoms with Crippen LogP contribution >= 0.6 is 0 Å². The van der Waals surface area contributed by atoms with E-state index in [2.05, 4.69) is 20.5 Å². The predicted octanol–water partition coefficient (Wildman–Crippen LogP) is -0.818. The van der Waals surface area contributed by atoms with E-state index in [1.165, 1.54) is 11.0 Å². The van der Waals surface area contributed by atoms with Gasteiger partial charge < -0.3 is 11.1 Å². The molecule has 1 amide bonds. The van der Waals surface area contributed by atoms with E-state index < -0.39 is 0 Å². The van der Waals surface area contributed by atoms with Crippen molar-refractivity contribution in [3.05, 3.63) is 24.3 Å². The number of hydrogen-bond acceptors (Lipinski definition) is 5. The molecule has 0 aliphatic heterocycles.